The Morgan fingerprint density at radius 2 is 2.17 bits per heavy atom. The SMILES string of the molecule is CCCSc1nc(N)c2c(n1)N(CCC(CC)OCCN)NN2. The normalized spacial score (nSPS) is 14.7. The van der Waals surface area contributed by atoms with Crippen molar-refractivity contribution in [1.29, 1.82) is 0 Å². The van der Waals surface area contributed by atoms with E-state index in [4.69, 9.17) is 16.2 Å². The van der Waals surface area contributed by atoms with Crippen LogP contribution in [0.2, 0.25) is 0 Å². The lowest BCUT2D eigenvalue weighted by molar-refractivity contribution is 0.0513. The van der Waals surface area contributed by atoms with Crippen LogP contribution in [0.4, 0.5) is 17.3 Å². The molecule has 1 unspecified atom stereocenters. The first-order chi connectivity index (χ1) is 11.2. The van der Waals surface area contributed by atoms with Crippen molar-refractivity contribution in [1.82, 2.24) is 15.5 Å². The largest absolute Gasteiger partial charge is 0.382 e. The van der Waals surface area contributed by atoms with Gasteiger partial charge in [0.2, 0.25) is 0 Å². The molecule has 130 valence electrons. The topological polar surface area (TPSA) is 114 Å². The molecular weight excluding hydrogens is 314 g/mol. The average Bonchev–Trinajstić information content (AvgIpc) is 2.97. The van der Waals surface area contributed by atoms with Crippen molar-refractivity contribution in [2.45, 2.75) is 44.4 Å². The molecule has 0 bridgehead atoms. The highest BCUT2D eigenvalue weighted by atomic mass is 32.2. The quantitative estimate of drug-likeness (QED) is 0.370. The summed E-state index contributed by atoms with van der Waals surface area (Å²) in [6.07, 6.45) is 3.10. The van der Waals surface area contributed by atoms with Crippen LogP contribution in [0.25, 0.3) is 0 Å². The van der Waals surface area contributed by atoms with E-state index in [1.165, 1.54) is 0 Å². The third-order valence-electron chi connectivity index (χ3n) is 3.51. The number of nitrogen functional groups attached to an aromatic ring is 1. The monoisotopic (exact) mass is 341 g/mol. The van der Waals surface area contributed by atoms with Gasteiger partial charge in [0.1, 0.15) is 5.69 Å². The van der Waals surface area contributed by atoms with Gasteiger partial charge in [-0.1, -0.05) is 25.6 Å². The second-order valence-corrected chi connectivity index (χ2v) is 6.37. The molecule has 1 atom stereocenters. The molecule has 0 radical (unpaired) electrons. The Labute approximate surface area is 141 Å². The maximum absolute atomic E-state index is 6.02. The summed E-state index contributed by atoms with van der Waals surface area (Å²) in [5.41, 5.74) is 18.4. The van der Waals surface area contributed by atoms with Crippen molar-refractivity contribution < 1.29 is 4.74 Å². The molecule has 0 saturated carbocycles. The molecule has 0 aliphatic carbocycles. The zero-order chi connectivity index (χ0) is 16.7. The fourth-order valence-corrected chi connectivity index (χ4v) is 2.97. The Balaban J connectivity index is 2.00. The first kappa shape index (κ1) is 18.1. The van der Waals surface area contributed by atoms with Crippen LogP contribution in [0.15, 0.2) is 5.16 Å². The lowest BCUT2D eigenvalue weighted by atomic mass is 10.2. The summed E-state index contributed by atoms with van der Waals surface area (Å²) in [5.74, 6) is 2.24. The van der Waals surface area contributed by atoms with E-state index in [1.54, 1.807) is 11.8 Å². The van der Waals surface area contributed by atoms with Crippen molar-refractivity contribution >= 4 is 29.1 Å². The highest BCUT2D eigenvalue weighted by molar-refractivity contribution is 7.99. The van der Waals surface area contributed by atoms with Gasteiger partial charge in [0.15, 0.2) is 16.8 Å². The second-order valence-electron chi connectivity index (χ2n) is 5.31. The number of nitrogens with one attached hydrogen (secondary N) is 2. The van der Waals surface area contributed by atoms with Gasteiger partial charge in [0, 0.05) is 18.8 Å². The number of hydrogen-bond acceptors (Lipinski definition) is 9. The van der Waals surface area contributed by atoms with Crippen LogP contribution in [-0.4, -0.2) is 41.5 Å². The number of nitrogens with zero attached hydrogens (tertiary/aromatic N) is 3. The average molecular weight is 341 g/mol. The van der Waals surface area contributed by atoms with Gasteiger partial charge >= 0.3 is 0 Å². The summed E-state index contributed by atoms with van der Waals surface area (Å²) in [5, 5.41) is 2.67. The summed E-state index contributed by atoms with van der Waals surface area (Å²) in [4.78, 5) is 8.94. The van der Waals surface area contributed by atoms with E-state index in [1.807, 2.05) is 5.01 Å². The molecule has 2 rings (SSSR count). The number of ether oxygens (including phenoxy) is 1. The minimum atomic E-state index is 0.192. The molecule has 1 aliphatic rings. The number of nitrogens with two attached hydrogens (primary N) is 2. The van der Waals surface area contributed by atoms with Gasteiger partial charge in [-0.3, -0.25) is 10.4 Å². The molecule has 1 aliphatic heterocycles. The molecule has 6 N–H and O–H groups in total. The number of thioether (sulfide) groups is 1. The van der Waals surface area contributed by atoms with E-state index >= 15 is 0 Å². The Morgan fingerprint density at radius 1 is 1.35 bits per heavy atom. The smallest absolute Gasteiger partial charge is 0.191 e. The van der Waals surface area contributed by atoms with Crippen molar-refractivity contribution in [2.75, 3.05) is 41.6 Å². The molecule has 23 heavy (non-hydrogen) atoms. The summed E-state index contributed by atoms with van der Waals surface area (Å²) in [6, 6.07) is 0. The Hall–Kier alpha value is -1.29. The molecule has 1 aromatic heterocycles. The lowest BCUT2D eigenvalue weighted by Gasteiger charge is -2.21. The zero-order valence-corrected chi connectivity index (χ0v) is 14.7. The molecule has 2 heterocycles. The third kappa shape index (κ3) is 4.84. The van der Waals surface area contributed by atoms with Gasteiger partial charge in [-0.15, -0.1) is 5.53 Å². The molecule has 1 aromatic rings. The summed E-state index contributed by atoms with van der Waals surface area (Å²) >= 11 is 1.62. The summed E-state index contributed by atoms with van der Waals surface area (Å²) in [6.45, 7) is 6.14. The number of anilines is 3. The van der Waals surface area contributed by atoms with E-state index in [0.29, 0.717) is 24.1 Å². The molecular formula is C14H27N7OS. The van der Waals surface area contributed by atoms with Crippen LogP contribution in [0.3, 0.4) is 0 Å². The van der Waals surface area contributed by atoms with Crippen LogP contribution >= 0.6 is 11.8 Å². The Morgan fingerprint density at radius 3 is 2.87 bits per heavy atom. The van der Waals surface area contributed by atoms with Crippen molar-refractivity contribution in [3.8, 4) is 0 Å². The maximum atomic E-state index is 6.02. The van der Waals surface area contributed by atoms with Crippen LogP contribution in [0, 0.1) is 0 Å². The van der Waals surface area contributed by atoms with Crippen LogP contribution in [0.1, 0.15) is 33.1 Å². The van der Waals surface area contributed by atoms with Crippen molar-refractivity contribution in [3.05, 3.63) is 0 Å². The van der Waals surface area contributed by atoms with Gasteiger partial charge in [0.05, 0.1) is 12.7 Å². The van der Waals surface area contributed by atoms with E-state index in [-0.39, 0.29) is 6.10 Å². The Bertz CT molecular complexity index is 502. The summed E-state index contributed by atoms with van der Waals surface area (Å²) < 4.78 is 5.73. The highest BCUT2D eigenvalue weighted by Gasteiger charge is 2.25. The standard InChI is InChI=1S/C14H27N7OS/c1-3-9-23-14-17-12(16)11-13(18-14)21(20-19-11)7-5-10(4-2)22-8-6-15/h10,19-20H,3-9,15H2,1-2H3,(H2,16,17,18). The van der Waals surface area contributed by atoms with E-state index < -0.39 is 0 Å². The fourth-order valence-electron chi connectivity index (χ4n) is 2.27. The van der Waals surface area contributed by atoms with Crippen LogP contribution in [0.5, 0.6) is 0 Å². The van der Waals surface area contributed by atoms with Crippen LogP contribution < -0.4 is 27.4 Å². The lowest BCUT2D eigenvalue weighted by Crippen LogP contribution is -2.38. The molecule has 0 spiro atoms. The van der Waals surface area contributed by atoms with Crippen molar-refractivity contribution in [2.24, 2.45) is 5.73 Å². The predicted octanol–water partition coefficient (Wildman–Crippen LogP) is 1.36. The highest BCUT2D eigenvalue weighted by Crippen LogP contribution is 2.33. The molecule has 0 amide bonds. The number of fused-ring (bicyclic) bond motifs is 1. The zero-order valence-electron chi connectivity index (χ0n) is 13.8. The first-order valence-corrected chi connectivity index (χ1v) is 9.09. The van der Waals surface area contributed by atoms with Gasteiger partial charge in [-0.2, -0.15) is 0 Å². The fraction of sp³-hybridized carbons (Fsp3) is 0.714. The van der Waals surface area contributed by atoms with Gasteiger partial charge in [-0.25, -0.2) is 9.97 Å². The number of aromatic nitrogens is 2. The van der Waals surface area contributed by atoms with E-state index in [9.17, 15) is 0 Å². The Kier molecular flexibility index (Phi) is 7.15. The maximum Gasteiger partial charge on any atom is 0.191 e. The van der Waals surface area contributed by atoms with Crippen LogP contribution in [-0.2, 0) is 4.74 Å². The van der Waals surface area contributed by atoms with Gasteiger partial charge < -0.3 is 16.2 Å². The van der Waals surface area contributed by atoms with Gasteiger partial charge in [0.25, 0.3) is 0 Å². The number of hydrazine groups is 2. The van der Waals surface area contributed by atoms with E-state index in [0.717, 1.165) is 43.1 Å². The van der Waals surface area contributed by atoms with E-state index in [2.05, 4.69) is 34.8 Å². The van der Waals surface area contributed by atoms with Gasteiger partial charge in [-0.05, 0) is 19.3 Å². The first-order valence-electron chi connectivity index (χ1n) is 8.10. The molecule has 0 saturated heterocycles. The minimum Gasteiger partial charge on any atom is -0.382 e. The minimum absolute atomic E-state index is 0.192. The number of rotatable bonds is 10. The second kappa shape index (κ2) is 9.11. The van der Waals surface area contributed by atoms with Crippen molar-refractivity contribution in [3.63, 3.8) is 0 Å². The molecule has 0 aromatic carbocycles. The third-order valence-corrected chi connectivity index (χ3v) is 4.56. The predicted molar refractivity (Wildman–Crippen MR) is 95.3 cm³/mol. The number of hydrogen-bond donors (Lipinski definition) is 4. The molecule has 9 heteroatoms. The summed E-state index contributed by atoms with van der Waals surface area (Å²) in [7, 11) is 0. The molecule has 0 fully saturated rings. The molecule has 8 nitrogen and oxygen atoms in total.